The molecule has 2 amide bonds. The third kappa shape index (κ3) is 3.54. The molecule has 2 aromatic rings. The zero-order chi connectivity index (χ0) is 21.5. The van der Waals surface area contributed by atoms with Gasteiger partial charge in [0.05, 0.1) is 28.7 Å². The van der Waals surface area contributed by atoms with E-state index in [2.05, 4.69) is 39.8 Å². The molecule has 0 N–H and O–H groups in total. The van der Waals surface area contributed by atoms with Gasteiger partial charge in [-0.3, -0.25) is 9.59 Å². The van der Waals surface area contributed by atoms with Crippen LogP contribution in [0.25, 0.3) is 0 Å². The van der Waals surface area contributed by atoms with Crippen LogP contribution in [0.3, 0.4) is 0 Å². The molecule has 1 saturated carbocycles. The first kappa shape index (κ1) is 20.2. The number of hydrazone groups is 1. The zero-order valence-corrected chi connectivity index (χ0v) is 19.1. The second kappa shape index (κ2) is 8.11. The van der Waals surface area contributed by atoms with E-state index in [0.717, 1.165) is 26.1 Å². The monoisotopic (exact) mass is 528 g/mol. The maximum Gasteiger partial charge on any atom is 0.254 e. The summed E-state index contributed by atoms with van der Waals surface area (Å²) in [6, 6.07) is 13.6. The quantitative estimate of drug-likeness (QED) is 0.246. The van der Waals surface area contributed by atoms with Crippen LogP contribution in [-0.2, 0) is 16.2 Å². The van der Waals surface area contributed by atoms with Crippen LogP contribution in [0.4, 0.5) is 0 Å². The largest absolute Gasteiger partial charge is 0.493 e. The van der Waals surface area contributed by atoms with Crippen LogP contribution in [0.15, 0.2) is 59.7 Å². The second-order valence-electron chi connectivity index (χ2n) is 8.04. The smallest absolute Gasteiger partial charge is 0.254 e. The summed E-state index contributed by atoms with van der Waals surface area (Å²) in [5.41, 5.74) is 1.79. The number of ether oxygens (including phenoxy) is 2. The van der Waals surface area contributed by atoms with Crippen molar-refractivity contribution in [2.45, 2.75) is 13.0 Å². The van der Waals surface area contributed by atoms with Crippen molar-refractivity contribution >= 4 is 40.6 Å². The van der Waals surface area contributed by atoms with Crippen molar-refractivity contribution in [2.24, 2.45) is 28.8 Å². The Morgan fingerprint density at radius 3 is 2.42 bits per heavy atom. The Morgan fingerprint density at radius 2 is 1.77 bits per heavy atom. The SMILES string of the molecule is COc1cc(/C=N\N2C(=O)[C@@H]3[C@H](C2=O)[C@H]2C=C[C@H]3C2)cc(I)c1OCc1ccccc1. The van der Waals surface area contributed by atoms with Gasteiger partial charge in [0.1, 0.15) is 6.61 Å². The van der Waals surface area contributed by atoms with Crippen LogP contribution >= 0.6 is 22.6 Å². The summed E-state index contributed by atoms with van der Waals surface area (Å²) in [6.45, 7) is 0.427. The van der Waals surface area contributed by atoms with Gasteiger partial charge >= 0.3 is 0 Å². The molecule has 2 fully saturated rings. The van der Waals surface area contributed by atoms with Gasteiger partial charge in [-0.1, -0.05) is 42.5 Å². The van der Waals surface area contributed by atoms with Gasteiger partial charge in [-0.05, 0) is 64.1 Å². The normalized spacial score (nSPS) is 26.2. The van der Waals surface area contributed by atoms with Crippen molar-refractivity contribution in [2.75, 3.05) is 7.11 Å². The molecule has 4 atom stereocenters. The molecule has 5 rings (SSSR count). The number of rotatable bonds is 6. The highest BCUT2D eigenvalue weighted by Gasteiger charge is 2.59. The van der Waals surface area contributed by atoms with Gasteiger partial charge in [0.2, 0.25) is 0 Å². The minimum absolute atomic E-state index is 0.175. The molecule has 31 heavy (non-hydrogen) atoms. The Bertz CT molecular complexity index is 1070. The van der Waals surface area contributed by atoms with E-state index in [-0.39, 0.29) is 35.5 Å². The number of benzene rings is 2. The van der Waals surface area contributed by atoms with E-state index in [1.165, 1.54) is 6.21 Å². The molecule has 0 aromatic heterocycles. The third-order valence-corrected chi connectivity index (χ3v) is 7.05. The van der Waals surface area contributed by atoms with E-state index in [9.17, 15) is 9.59 Å². The molecule has 158 valence electrons. The summed E-state index contributed by atoms with van der Waals surface area (Å²) in [5.74, 6) is 0.700. The lowest BCUT2D eigenvalue weighted by molar-refractivity contribution is -0.140. The molecule has 0 unspecified atom stereocenters. The molecule has 6 nitrogen and oxygen atoms in total. The Hall–Kier alpha value is -2.68. The van der Waals surface area contributed by atoms with E-state index in [1.54, 1.807) is 13.2 Å². The van der Waals surface area contributed by atoms with Crippen LogP contribution in [-0.4, -0.2) is 30.1 Å². The van der Waals surface area contributed by atoms with E-state index < -0.39 is 0 Å². The predicted molar refractivity (Wildman–Crippen MR) is 124 cm³/mol. The van der Waals surface area contributed by atoms with Gasteiger partial charge in [-0.2, -0.15) is 10.1 Å². The molecule has 1 heterocycles. The van der Waals surface area contributed by atoms with Gasteiger partial charge in [-0.15, -0.1) is 0 Å². The molecule has 1 aliphatic heterocycles. The first-order valence-electron chi connectivity index (χ1n) is 10.2. The Morgan fingerprint density at radius 1 is 1.10 bits per heavy atom. The highest BCUT2D eigenvalue weighted by Crippen LogP contribution is 2.52. The van der Waals surface area contributed by atoms with Gasteiger partial charge in [0, 0.05) is 0 Å². The number of halogens is 1. The van der Waals surface area contributed by atoms with Gasteiger partial charge < -0.3 is 9.47 Å². The summed E-state index contributed by atoms with van der Waals surface area (Å²) < 4.78 is 12.4. The number of methoxy groups -OCH3 is 1. The molecule has 0 radical (unpaired) electrons. The number of imide groups is 1. The first-order chi connectivity index (χ1) is 15.1. The first-order valence-corrected chi connectivity index (χ1v) is 11.3. The number of carbonyl (C=O) groups excluding carboxylic acids is 2. The molecule has 1 saturated heterocycles. The number of carbonyl (C=O) groups is 2. The Kier molecular flexibility index (Phi) is 5.29. The standard InChI is InChI=1S/C24H21IN2O4/c1-30-19-10-15(9-18(25)22(19)31-13-14-5-3-2-4-6-14)12-26-27-23(28)20-16-7-8-17(11-16)21(20)24(27)29/h2-10,12,16-17,20-21H,11,13H2,1H3/b26-12-/t16-,17-,20-,21+/m0/s1. The van der Waals surface area contributed by atoms with Gasteiger partial charge in [0.15, 0.2) is 11.5 Å². The lowest BCUT2D eigenvalue weighted by Crippen LogP contribution is -2.28. The summed E-state index contributed by atoms with van der Waals surface area (Å²) >= 11 is 2.19. The summed E-state index contributed by atoms with van der Waals surface area (Å²) in [6.07, 6.45) is 6.60. The number of fused-ring (bicyclic) bond motifs is 5. The number of hydrogen-bond donors (Lipinski definition) is 0. The fraction of sp³-hybridized carbons (Fsp3) is 0.292. The minimum Gasteiger partial charge on any atom is -0.493 e. The molecule has 2 aliphatic carbocycles. The Labute approximate surface area is 194 Å². The van der Waals surface area contributed by atoms with Crippen LogP contribution in [0.5, 0.6) is 11.5 Å². The molecule has 2 aromatic carbocycles. The van der Waals surface area contributed by atoms with E-state index in [1.807, 2.05) is 36.4 Å². The fourth-order valence-corrected chi connectivity index (χ4v) is 5.59. The summed E-state index contributed by atoms with van der Waals surface area (Å²) in [7, 11) is 1.58. The molecular formula is C24H21IN2O4. The third-order valence-electron chi connectivity index (χ3n) is 6.25. The minimum atomic E-state index is -0.247. The average molecular weight is 528 g/mol. The molecule has 7 heteroatoms. The fourth-order valence-electron chi connectivity index (χ4n) is 4.81. The van der Waals surface area contributed by atoms with Crippen LogP contribution < -0.4 is 9.47 Å². The number of nitrogens with zero attached hydrogens (tertiary/aromatic N) is 2. The highest BCUT2D eigenvalue weighted by molar-refractivity contribution is 14.1. The molecule has 0 spiro atoms. The van der Waals surface area contributed by atoms with Crippen molar-refractivity contribution < 1.29 is 19.1 Å². The van der Waals surface area contributed by atoms with E-state index >= 15 is 0 Å². The predicted octanol–water partition coefficient (Wildman–Crippen LogP) is 4.02. The molecule has 2 bridgehead atoms. The highest BCUT2D eigenvalue weighted by atomic mass is 127. The van der Waals surface area contributed by atoms with Crippen molar-refractivity contribution in [3.05, 3.63) is 69.3 Å². The number of allylic oxidation sites excluding steroid dienone is 2. The van der Waals surface area contributed by atoms with Gasteiger partial charge in [-0.25, -0.2) is 0 Å². The average Bonchev–Trinajstić information content (AvgIpc) is 3.46. The van der Waals surface area contributed by atoms with E-state index in [4.69, 9.17) is 9.47 Å². The Balaban J connectivity index is 1.34. The lowest BCUT2D eigenvalue weighted by Gasteiger charge is -2.14. The van der Waals surface area contributed by atoms with Crippen molar-refractivity contribution in [1.29, 1.82) is 0 Å². The summed E-state index contributed by atoms with van der Waals surface area (Å²) in [4.78, 5) is 25.6. The van der Waals surface area contributed by atoms with Crippen molar-refractivity contribution in [3.63, 3.8) is 0 Å². The number of amides is 2. The lowest BCUT2D eigenvalue weighted by atomic mass is 9.85. The topological polar surface area (TPSA) is 68.2 Å². The summed E-state index contributed by atoms with van der Waals surface area (Å²) in [5, 5.41) is 5.31. The number of hydrogen-bond acceptors (Lipinski definition) is 5. The molecular weight excluding hydrogens is 507 g/mol. The second-order valence-corrected chi connectivity index (χ2v) is 9.20. The molecule has 3 aliphatic rings. The maximum atomic E-state index is 12.8. The van der Waals surface area contributed by atoms with Crippen molar-refractivity contribution in [1.82, 2.24) is 5.01 Å². The van der Waals surface area contributed by atoms with Crippen LogP contribution in [0, 0.1) is 27.2 Å². The zero-order valence-electron chi connectivity index (χ0n) is 16.9. The van der Waals surface area contributed by atoms with Crippen LogP contribution in [0.2, 0.25) is 0 Å². The van der Waals surface area contributed by atoms with E-state index in [0.29, 0.717) is 18.1 Å². The maximum absolute atomic E-state index is 12.8. The van der Waals surface area contributed by atoms with Crippen molar-refractivity contribution in [3.8, 4) is 11.5 Å². The van der Waals surface area contributed by atoms with Crippen LogP contribution in [0.1, 0.15) is 17.5 Å². The van der Waals surface area contributed by atoms with Gasteiger partial charge in [0.25, 0.3) is 11.8 Å².